The minimum absolute atomic E-state index is 0.0582. The predicted octanol–water partition coefficient (Wildman–Crippen LogP) is 3.89. The van der Waals surface area contributed by atoms with E-state index in [0.717, 1.165) is 0 Å². The number of carbonyl (C=O) groups is 3. The summed E-state index contributed by atoms with van der Waals surface area (Å²) in [6.45, 7) is -0.440. The van der Waals surface area contributed by atoms with E-state index in [0.29, 0.717) is 21.4 Å². The molecular weight excluding hydrogens is 379 g/mol. The van der Waals surface area contributed by atoms with Crippen molar-refractivity contribution >= 4 is 52.4 Å². The molecule has 0 radical (unpaired) electrons. The number of hydrogen-bond donors (Lipinski definition) is 2. The van der Waals surface area contributed by atoms with Crippen molar-refractivity contribution in [2.45, 2.75) is 12.8 Å². The molecule has 2 amide bonds. The van der Waals surface area contributed by atoms with Crippen LogP contribution in [0.5, 0.6) is 0 Å². The molecule has 0 unspecified atom stereocenters. The third kappa shape index (κ3) is 7.13. The van der Waals surface area contributed by atoms with E-state index in [1.165, 1.54) is 0 Å². The van der Waals surface area contributed by atoms with E-state index >= 15 is 0 Å². The summed E-state index contributed by atoms with van der Waals surface area (Å²) in [5.41, 5.74) is 1.08. The number of nitrogens with one attached hydrogen (secondary N) is 2. The zero-order valence-electron chi connectivity index (χ0n) is 13.6. The lowest BCUT2D eigenvalue weighted by atomic mass is 10.2. The number of carbonyl (C=O) groups excluding carboxylic acids is 3. The van der Waals surface area contributed by atoms with Gasteiger partial charge in [0.25, 0.3) is 5.91 Å². The Morgan fingerprint density at radius 3 is 2.19 bits per heavy atom. The van der Waals surface area contributed by atoms with E-state index in [1.54, 1.807) is 48.5 Å². The van der Waals surface area contributed by atoms with Gasteiger partial charge in [0.2, 0.25) is 5.91 Å². The van der Waals surface area contributed by atoms with Crippen molar-refractivity contribution in [1.82, 2.24) is 0 Å². The molecule has 0 atom stereocenters. The number of esters is 1. The highest BCUT2D eigenvalue weighted by atomic mass is 35.5. The fourth-order valence-corrected chi connectivity index (χ4v) is 2.27. The average Bonchev–Trinajstić information content (AvgIpc) is 2.60. The second-order valence-electron chi connectivity index (χ2n) is 5.27. The van der Waals surface area contributed by atoms with Gasteiger partial charge in [-0.15, -0.1) is 0 Å². The van der Waals surface area contributed by atoms with Crippen molar-refractivity contribution in [2.24, 2.45) is 0 Å². The first-order chi connectivity index (χ1) is 12.4. The molecule has 0 bridgehead atoms. The summed E-state index contributed by atoms with van der Waals surface area (Å²) in [6, 6.07) is 13.2. The third-order valence-electron chi connectivity index (χ3n) is 3.16. The maximum Gasteiger partial charge on any atom is 0.306 e. The molecule has 6 nitrogen and oxygen atoms in total. The number of ether oxygens (including phenoxy) is 1. The Morgan fingerprint density at radius 2 is 1.50 bits per heavy atom. The van der Waals surface area contributed by atoms with Crippen molar-refractivity contribution in [3.05, 3.63) is 58.6 Å². The van der Waals surface area contributed by atoms with Crippen molar-refractivity contribution in [3.8, 4) is 0 Å². The van der Waals surface area contributed by atoms with Crippen LogP contribution < -0.4 is 10.6 Å². The number of amides is 2. The van der Waals surface area contributed by atoms with E-state index in [4.69, 9.17) is 27.9 Å². The first-order valence-electron chi connectivity index (χ1n) is 7.69. The van der Waals surface area contributed by atoms with Gasteiger partial charge in [-0.1, -0.05) is 29.3 Å². The van der Waals surface area contributed by atoms with Gasteiger partial charge >= 0.3 is 5.97 Å². The first-order valence-corrected chi connectivity index (χ1v) is 8.44. The molecule has 0 saturated heterocycles. The van der Waals surface area contributed by atoms with Crippen LogP contribution in [0.1, 0.15) is 12.8 Å². The second kappa shape index (κ2) is 9.79. The molecule has 2 aromatic carbocycles. The van der Waals surface area contributed by atoms with Crippen LogP contribution in [0.4, 0.5) is 11.4 Å². The number of anilines is 2. The molecular formula is C18H16Cl2N2O4. The Balaban J connectivity index is 1.67. The zero-order valence-corrected chi connectivity index (χ0v) is 15.1. The van der Waals surface area contributed by atoms with Crippen LogP contribution in [0.25, 0.3) is 0 Å². The number of rotatable bonds is 7. The topological polar surface area (TPSA) is 84.5 Å². The van der Waals surface area contributed by atoms with E-state index in [2.05, 4.69) is 10.6 Å². The van der Waals surface area contributed by atoms with Crippen molar-refractivity contribution in [1.29, 1.82) is 0 Å². The van der Waals surface area contributed by atoms with E-state index in [9.17, 15) is 14.4 Å². The first kappa shape index (κ1) is 19.8. The summed E-state index contributed by atoms with van der Waals surface area (Å²) in [7, 11) is 0. The lowest BCUT2D eigenvalue weighted by Gasteiger charge is -2.07. The van der Waals surface area contributed by atoms with Gasteiger partial charge in [-0.25, -0.2) is 0 Å². The summed E-state index contributed by atoms with van der Waals surface area (Å²) in [5.74, 6) is -1.48. The highest BCUT2D eigenvalue weighted by Crippen LogP contribution is 2.15. The maximum absolute atomic E-state index is 11.8. The molecule has 26 heavy (non-hydrogen) atoms. The van der Waals surface area contributed by atoms with Crippen LogP contribution in [-0.4, -0.2) is 24.4 Å². The molecule has 0 saturated carbocycles. The van der Waals surface area contributed by atoms with Gasteiger partial charge in [0.15, 0.2) is 6.61 Å². The van der Waals surface area contributed by atoms with Crippen LogP contribution in [0.3, 0.4) is 0 Å². The normalized spacial score (nSPS) is 10.1. The third-order valence-corrected chi connectivity index (χ3v) is 3.64. The fourth-order valence-electron chi connectivity index (χ4n) is 1.95. The second-order valence-corrected chi connectivity index (χ2v) is 6.15. The highest BCUT2D eigenvalue weighted by Gasteiger charge is 2.11. The smallest absolute Gasteiger partial charge is 0.306 e. The fraction of sp³-hybridized carbons (Fsp3) is 0.167. The Bertz CT molecular complexity index is 794. The van der Waals surface area contributed by atoms with Crippen molar-refractivity contribution in [3.63, 3.8) is 0 Å². The number of hydrogen-bond acceptors (Lipinski definition) is 4. The molecule has 0 aromatic heterocycles. The Hall–Kier alpha value is -2.57. The van der Waals surface area contributed by atoms with Crippen molar-refractivity contribution in [2.75, 3.05) is 17.2 Å². The minimum atomic E-state index is -0.641. The highest BCUT2D eigenvalue weighted by molar-refractivity contribution is 6.31. The Labute approximate surface area is 160 Å². The molecule has 0 spiro atoms. The lowest BCUT2D eigenvalue weighted by molar-refractivity contribution is -0.147. The molecule has 0 aliphatic carbocycles. The lowest BCUT2D eigenvalue weighted by Crippen LogP contribution is -2.21. The maximum atomic E-state index is 11.8. The quantitative estimate of drug-likeness (QED) is 0.697. The molecule has 8 heteroatoms. The monoisotopic (exact) mass is 394 g/mol. The molecule has 0 aliphatic rings. The van der Waals surface area contributed by atoms with Gasteiger partial charge < -0.3 is 15.4 Å². The minimum Gasteiger partial charge on any atom is -0.456 e. The van der Waals surface area contributed by atoms with Gasteiger partial charge in [0.05, 0.1) is 6.42 Å². The van der Waals surface area contributed by atoms with E-state index in [-0.39, 0.29) is 18.7 Å². The van der Waals surface area contributed by atoms with Gasteiger partial charge in [-0.3, -0.25) is 14.4 Å². The standard InChI is InChI=1S/C18H16Cl2N2O4/c19-12-4-6-14(7-5-12)21-16(23)8-9-18(25)26-11-17(24)22-15-3-1-2-13(20)10-15/h1-7,10H,8-9,11H2,(H,21,23)(H,22,24). The SMILES string of the molecule is O=C(CCC(=O)OCC(=O)Nc1cccc(Cl)c1)Nc1ccc(Cl)cc1. The zero-order chi connectivity index (χ0) is 18.9. The molecule has 0 aliphatic heterocycles. The van der Waals surface area contributed by atoms with Gasteiger partial charge in [0.1, 0.15) is 0 Å². The van der Waals surface area contributed by atoms with Crippen LogP contribution in [0.15, 0.2) is 48.5 Å². The summed E-state index contributed by atoms with van der Waals surface area (Å²) in [6.07, 6.45) is -0.193. The predicted molar refractivity (Wildman–Crippen MR) is 100 cm³/mol. The number of benzene rings is 2. The molecule has 2 aromatic rings. The van der Waals surface area contributed by atoms with E-state index in [1.807, 2.05) is 0 Å². The van der Waals surface area contributed by atoms with Gasteiger partial charge in [-0.2, -0.15) is 0 Å². The van der Waals surface area contributed by atoms with Crippen LogP contribution in [0.2, 0.25) is 10.0 Å². The largest absolute Gasteiger partial charge is 0.456 e. The van der Waals surface area contributed by atoms with Gasteiger partial charge in [0, 0.05) is 27.8 Å². The van der Waals surface area contributed by atoms with Crippen LogP contribution in [0, 0.1) is 0 Å². The summed E-state index contributed by atoms with van der Waals surface area (Å²) < 4.78 is 4.84. The van der Waals surface area contributed by atoms with E-state index < -0.39 is 18.5 Å². The average molecular weight is 395 g/mol. The number of halogens is 2. The Kier molecular flexibility index (Phi) is 7.44. The molecule has 0 heterocycles. The Morgan fingerprint density at radius 1 is 0.808 bits per heavy atom. The van der Waals surface area contributed by atoms with Gasteiger partial charge in [-0.05, 0) is 42.5 Å². The molecule has 0 fully saturated rings. The molecule has 136 valence electrons. The van der Waals surface area contributed by atoms with Crippen molar-refractivity contribution < 1.29 is 19.1 Å². The van der Waals surface area contributed by atoms with Crippen LogP contribution in [-0.2, 0) is 19.1 Å². The summed E-state index contributed by atoms with van der Waals surface area (Å²) in [5, 5.41) is 6.22. The van der Waals surface area contributed by atoms with Crippen LogP contribution >= 0.6 is 23.2 Å². The molecule has 2 rings (SSSR count). The molecule has 2 N–H and O–H groups in total. The summed E-state index contributed by atoms with van der Waals surface area (Å²) >= 11 is 11.6. The summed E-state index contributed by atoms with van der Waals surface area (Å²) in [4.78, 5) is 35.1.